The Hall–Kier alpha value is -0.900. The number of rotatable bonds is 3. The molecule has 168 valence electrons. The van der Waals surface area contributed by atoms with E-state index >= 15 is 0 Å². The predicted octanol–water partition coefficient (Wildman–Crippen LogP) is 5.18. The first-order chi connectivity index (χ1) is 14.2. The van der Waals surface area contributed by atoms with Gasteiger partial charge in [0.15, 0.2) is 0 Å². The van der Waals surface area contributed by atoms with Crippen molar-refractivity contribution >= 4 is 11.8 Å². The largest absolute Gasteiger partial charge is 0.462 e. The summed E-state index contributed by atoms with van der Waals surface area (Å²) in [5.74, 6) is 3.83. The van der Waals surface area contributed by atoms with Gasteiger partial charge in [-0.1, -0.05) is 27.7 Å². The minimum absolute atomic E-state index is 0.0311. The van der Waals surface area contributed by atoms with Crippen molar-refractivity contribution < 1.29 is 19.1 Å². The molecule has 1 heterocycles. The molecule has 1 saturated heterocycles. The van der Waals surface area contributed by atoms with E-state index in [4.69, 9.17) is 9.47 Å². The molecule has 0 aromatic carbocycles. The molecule has 11 atom stereocenters. The summed E-state index contributed by atoms with van der Waals surface area (Å²) >= 11 is 0. The summed E-state index contributed by atoms with van der Waals surface area (Å²) in [5, 5.41) is 0. The summed E-state index contributed by atoms with van der Waals surface area (Å²) in [5.41, 5.74) is 0.343. The van der Waals surface area contributed by atoms with Gasteiger partial charge in [0.05, 0.1) is 12.2 Å². The number of hydrogen-bond donors (Lipinski definition) is 0. The van der Waals surface area contributed by atoms with Crippen LogP contribution in [-0.4, -0.2) is 30.1 Å². The number of fused-ring (bicyclic) bond motifs is 5. The smallest absolute Gasteiger partial charge is 0.302 e. The summed E-state index contributed by atoms with van der Waals surface area (Å²) in [7, 11) is 0. The molecule has 4 heteroatoms. The zero-order valence-electron chi connectivity index (χ0n) is 19.5. The van der Waals surface area contributed by atoms with Gasteiger partial charge in [-0.15, -0.1) is 0 Å². The third-order valence-corrected chi connectivity index (χ3v) is 10.8. The van der Waals surface area contributed by atoms with E-state index in [-0.39, 0.29) is 22.9 Å². The molecule has 0 radical (unpaired) electrons. The van der Waals surface area contributed by atoms with E-state index in [9.17, 15) is 9.59 Å². The van der Waals surface area contributed by atoms with Gasteiger partial charge in [-0.2, -0.15) is 0 Å². The Balaban J connectivity index is 1.49. The van der Waals surface area contributed by atoms with Crippen LogP contribution < -0.4 is 0 Å². The highest BCUT2D eigenvalue weighted by atomic mass is 16.6. The van der Waals surface area contributed by atoms with Gasteiger partial charge in [-0.05, 0) is 79.4 Å². The number of carbonyl (C=O) groups is 2. The molecule has 5 aliphatic rings. The fourth-order valence-corrected chi connectivity index (χ4v) is 9.18. The molecule has 0 spiro atoms. The summed E-state index contributed by atoms with van der Waals surface area (Å²) in [6.45, 7) is 11.0. The lowest BCUT2D eigenvalue weighted by Gasteiger charge is -2.62. The van der Waals surface area contributed by atoms with Crippen molar-refractivity contribution in [1.29, 1.82) is 0 Å². The van der Waals surface area contributed by atoms with Crippen molar-refractivity contribution in [2.24, 2.45) is 46.3 Å². The van der Waals surface area contributed by atoms with Crippen molar-refractivity contribution in [3.63, 3.8) is 0 Å². The zero-order chi connectivity index (χ0) is 21.4. The Morgan fingerprint density at radius 3 is 2.60 bits per heavy atom. The van der Waals surface area contributed by atoms with E-state index in [1.807, 2.05) is 0 Å². The minimum Gasteiger partial charge on any atom is -0.462 e. The van der Waals surface area contributed by atoms with Crippen LogP contribution in [0.4, 0.5) is 0 Å². The molecule has 0 amide bonds. The number of hydrogen-bond acceptors (Lipinski definition) is 4. The van der Waals surface area contributed by atoms with Gasteiger partial charge >= 0.3 is 5.97 Å². The Labute approximate surface area is 181 Å². The van der Waals surface area contributed by atoms with Gasteiger partial charge < -0.3 is 9.47 Å². The molecule has 4 aliphatic carbocycles. The van der Waals surface area contributed by atoms with Crippen LogP contribution in [-0.2, 0) is 19.1 Å². The fraction of sp³-hybridized carbons (Fsp3) is 0.923. The van der Waals surface area contributed by atoms with E-state index < -0.39 is 0 Å². The molecule has 4 nitrogen and oxygen atoms in total. The number of epoxide rings is 1. The van der Waals surface area contributed by atoms with Gasteiger partial charge in [0.2, 0.25) is 0 Å². The maximum absolute atomic E-state index is 12.4. The number of esters is 1. The van der Waals surface area contributed by atoms with Gasteiger partial charge in [-0.25, -0.2) is 0 Å². The van der Waals surface area contributed by atoms with Crippen LogP contribution in [0.3, 0.4) is 0 Å². The topological polar surface area (TPSA) is 55.9 Å². The van der Waals surface area contributed by atoms with Crippen LogP contribution in [0.25, 0.3) is 0 Å². The van der Waals surface area contributed by atoms with E-state index in [0.717, 1.165) is 32.1 Å². The number of ketones is 1. The van der Waals surface area contributed by atoms with Crippen LogP contribution in [0, 0.1) is 46.3 Å². The highest BCUT2D eigenvalue weighted by Gasteiger charge is 2.67. The maximum atomic E-state index is 12.4. The number of Topliss-reactive ketones (excluding diaryl/α,β-unsaturated/α-hetero) is 1. The van der Waals surface area contributed by atoms with Crippen molar-refractivity contribution in [3.8, 4) is 0 Å². The third-order valence-electron chi connectivity index (χ3n) is 10.8. The zero-order valence-corrected chi connectivity index (χ0v) is 19.5. The molecule has 5 fully saturated rings. The lowest BCUT2D eigenvalue weighted by Crippen LogP contribution is -2.57. The average molecular weight is 417 g/mol. The van der Waals surface area contributed by atoms with E-state index in [0.29, 0.717) is 53.5 Å². The van der Waals surface area contributed by atoms with Gasteiger partial charge in [0.1, 0.15) is 11.9 Å². The van der Waals surface area contributed by atoms with Crippen LogP contribution in [0.1, 0.15) is 86.0 Å². The van der Waals surface area contributed by atoms with Crippen molar-refractivity contribution in [3.05, 3.63) is 0 Å². The molecule has 0 bridgehead atoms. The van der Waals surface area contributed by atoms with E-state index in [1.165, 1.54) is 19.3 Å². The molecular weight excluding hydrogens is 376 g/mol. The predicted molar refractivity (Wildman–Crippen MR) is 115 cm³/mol. The van der Waals surface area contributed by atoms with Crippen LogP contribution in [0.15, 0.2) is 0 Å². The van der Waals surface area contributed by atoms with Crippen molar-refractivity contribution in [1.82, 2.24) is 0 Å². The third kappa shape index (κ3) is 2.88. The Morgan fingerprint density at radius 1 is 1.17 bits per heavy atom. The first kappa shape index (κ1) is 21.0. The van der Waals surface area contributed by atoms with E-state index in [2.05, 4.69) is 27.7 Å². The second-order valence-electron chi connectivity index (χ2n) is 11.9. The average Bonchev–Trinajstić information content (AvgIpc) is 3.40. The number of ether oxygens (including phenoxy) is 2. The summed E-state index contributed by atoms with van der Waals surface area (Å²) in [6.07, 6.45) is 9.18. The Morgan fingerprint density at radius 2 is 1.93 bits per heavy atom. The van der Waals surface area contributed by atoms with Crippen LogP contribution in [0.5, 0.6) is 0 Å². The highest BCUT2D eigenvalue weighted by molar-refractivity contribution is 5.80. The van der Waals surface area contributed by atoms with E-state index in [1.54, 1.807) is 6.92 Å². The van der Waals surface area contributed by atoms with Gasteiger partial charge in [-0.3, -0.25) is 9.59 Å². The highest BCUT2D eigenvalue weighted by Crippen LogP contribution is 2.69. The van der Waals surface area contributed by atoms with Crippen LogP contribution >= 0.6 is 0 Å². The molecule has 1 aliphatic heterocycles. The monoisotopic (exact) mass is 416 g/mol. The number of carbonyl (C=O) groups excluding carboxylic acids is 2. The fourth-order valence-electron chi connectivity index (χ4n) is 9.18. The lowest BCUT2D eigenvalue weighted by atomic mass is 9.42. The molecule has 0 aromatic heterocycles. The normalized spacial score (nSPS) is 54.7. The standard InChI is InChI=1S/C26H40O4/c1-6-21-24(30-21)19-13-22(29-15(3)27)25(4)10-9-20-18(23(19)25)8-7-16-12-17(28)11-14(2)26(16,20)5/h14,16,18-24H,6-13H2,1-5H3/t14?,16?,18-,19?,20-,21?,22?,23-,24?,25-,26+/m1/s1. The Kier molecular flexibility index (Phi) is 4.93. The molecule has 6 unspecified atom stereocenters. The molecule has 0 N–H and O–H groups in total. The lowest BCUT2D eigenvalue weighted by molar-refractivity contribution is -0.169. The summed E-state index contributed by atoms with van der Waals surface area (Å²) < 4.78 is 12.1. The summed E-state index contributed by atoms with van der Waals surface area (Å²) in [6, 6.07) is 0. The molecular formula is C26H40O4. The molecule has 30 heavy (non-hydrogen) atoms. The molecule has 4 saturated carbocycles. The van der Waals surface area contributed by atoms with Gasteiger partial charge in [0, 0.05) is 25.2 Å². The Bertz CT molecular complexity index is 733. The van der Waals surface area contributed by atoms with Crippen molar-refractivity contribution in [2.45, 2.75) is 104 Å². The maximum Gasteiger partial charge on any atom is 0.302 e. The second-order valence-corrected chi connectivity index (χ2v) is 11.9. The molecule has 5 rings (SSSR count). The van der Waals surface area contributed by atoms with Crippen molar-refractivity contribution in [2.75, 3.05) is 0 Å². The minimum atomic E-state index is -0.137. The first-order valence-electron chi connectivity index (χ1n) is 12.5. The second kappa shape index (κ2) is 7.05. The molecule has 0 aromatic rings. The van der Waals surface area contributed by atoms with Crippen LogP contribution in [0.2, 0.25) is 0 Å². The van der Waals surface area contributed by atoms with Gasteiger partial charge in [0.25, 0.3) is 0 Å². The quantitative estimate of drug-likeness (QED) is 0.470. The summed E-state index contributed by atoms with van der Waals surface area (Å²) in [4.78, 5) is 24.3. The first-order valence-corrected chi connectivity index (χ1v) is 12.5. The SMILES string of the molecule is CCC1OC1C1CC(OC(C)=O)[C@@]2(C)CC[C@@H]3[C@@H](CCC4CC(=O)CC(C)[C@@]43C)[C@H]12.